The standard InChI is InChI=1S/C57H40N2/c1-57(2)51-30-29-45(36-50(51)49-33-40-17-5-6-18-41(40)34-52(49)57)58(43-19-13-20-44(35-43)59-53-24-11-9-22-47(53)48-23-10-12-25-54(48)59)55-31-28-38-15-7-8-21-46(38)56(55)42-27-26-37-14-3-4-16-39(37)32-42/h3-36H,1-2H3. The summed E-state index contributed by atoms with van der Waals surface area (Å²) in [7, 11) is 0. The third-order valence-corrected chi connectivity index (χ3v) is 12.9. The fourth-order valence-corrected chi connectivity index (χ4v) is 10.1. The summed E-state index contributed by atoms with van der Waals surface area (Å²) in [6.07, 6.45) is 0. The van der Waals surface area contributed by atoms with Gasteiger partial charge in [-0.25, -0.2) is 0 Å². The van der Waals surface area contributed by atoms with Crippen molar-refractivity contribution in [2.75, 3.05) is 4.90 Å². The molecule has 2 heteroatoms. The van der Waals surface area contributed by atoms with E-state index in [1.807, 2.05) is 0 Å². The molecule has 0 saturated heterocycles. The van der Waals surface area contributed by atoms with Gasteiger partial charge in [0.1, 0.15) is 0 Å². The summed E-state index contributed by atoms with van der Waals surface area (Å²) in [6, 6.07) is 76.4. The Morgan fingerprint density at radius 2 is 0.966 bits per heavy atom. The molecule has 0 N–H and O–H groups in total. The van der Waals surface area contributed by atoms with E-state index in [4.69, 9.17) is 0 Å². The molecule has 0 aliphatic heterocycles. The van der Waals surface area contributed by atoms with Crippen molar-refractivity contribution in [2.45, 2.75) is 19.3 Å². The Morgan fingerprint density at radius 1 is 0.390 bits per heavy atom. The van der Waals surface area contributed by atoms with E-state index in [-0.39, 0.29) is 5.41 Å². The topological polar surface area (TPSA) is 8.17 Å². The van der Waals surface area contributed by atoms with Gasteiger partial charge in [0.15, 0.2) is 0 Å². The number of nitrogens with zero attached hydrogens (tertiary/aromatic N) is 2. The fourth-order valence-electron chi connectivity index (χ4n) is 10.1. The number of benzene rings is 10. The number of para-hydroxylation sites is 2. The minimum Gasteiger partial charge on any atom is -0.310 e. The Bertz CT molecular complexity index is 3440. The average Bonchev–Trinajstić information content (AvgIpc) is 3.73. The molecule has 0 unspecified atom stereocenters. The van der Waals surface area contributed by atoms with Crippen LogP contribution in [0.5, 0.6) is 0 Å². The summed E-state index contributed by atoms with van der Waals surface area (Å²) in [5.74, 6) is 0. The zero-order valence-electron chi connectivity index (χ0n) is 33.0. The van der Waals surface area contributed by atoms with E-state index in [9.17, 15) is 0 Å². The van der Waals surface area contributed by atoms with E-state index in [2.05, 4.69) is 230 Å². The Balaban J connectivity index is 1.14. The molecule has 11 aromatic rings. The first-order valence-electron chi connectivity index (χ1n) is 20.6. The molecule has 10 aromatic carbocycles. The number of fused-ring (bicyclic) bond motifs is 9. The summed E-state index contributed by atoms with van der Waals surface area (Å²) in [5.41, 5.74) is 14.5. The molecule has 0 amide bonds. The van der Waals surface area contributed by atoms with Crippen molar-refractivity contribution >= 4 is 71.2 Å². The molecule has 1 aliphatic rings. The number of hydrogen-bond donors (Lipinski definition) is 0. The van der Waals surface area contributed by atoms with Crippen molar-refractivity contribution in [1.29, 1.82) is 0 Å². The average molecular weight is 753 g/mol. The monoisotopic (exact) mass is 752 g/mol. The summed E-state index contributed by atoms with van der Waals surface area (Å²) in [4.78, 5) is 2.50. The van der Waals surface area contributed by atoms with Crippen LogP contribution in [0.25, 0.3) is 82.1 Å². The normalized spacial score (nSPS) is 13.1. The van der Waals surface area contributed by atoms with Gasteiger partial charge in [-0.1, -0.05) is 153 Å². The number of hydrogen-bond acceptors (Lipinski definition) is 1. The molecule has 0 radical (unpaired) electrons. The Kier molecular flexibility index (Phi) is 7.31. The lowest BCUT2D eigenvalue weighted by atomic mass is 9.82. The predicted molar refractivity (Wildman–Crippen MR) is 251 cm³/mol. The number of rotatable bonds is 5. The van der Waals surface area contributed by atoms with Crippen LogP contribution < -0.4 is 4.90 Å². The van der Waals surface area contributed by atoms with E-state index < -0.39 is 0 Å². The van der Waals surface area contributed by atoms with Crippen molar-refractivity contribution in [3.05, 3.63) is 217 Å². The van der Waals surface area contributed by atoms with Crippen LogP contribution >= 0.6 is 0 Å². The van der Waals surface area contributed by atoms with Crippen molar-refractivity contribution in [3.8, 4) is 27.9 Å². The van der Waals surface area contributed by atoms with Gasteiger partial charge in [-0.2, -0.15) is 0 Å². The maximum atomic E-state index is 2.50. The summed E-state index contributed by atoms with van der Waals surface area (Å²) < 4.78 is 2.42. The predicted octanol–water partition coefficient (Wildman–Crippen LogP) is 15.7. The SMILES string of the molecule is CC1(C)c2ccc(N(c3cccc(-n4c5ccccc5c5ccccc54)c3)c3ccc4ccccc4c3-c3ccc4ccccc4c3)cc2-c2cc3ccccc3cc21. The third-order valence-electron chi connectivity index (χ3n) is 12.9. The quantitative estimate of drug-likeness (QED) is 0.170. The van der Waals surface area contributed by atoms with Crippen LogP contribution in [-0.4, -0.2) is 4.57 Å². The second kappa shape index (κ2) is 12.8. The highest BCUT2D eigenvalue weighted by Gasteiger charge is 2.36. The molecule has 12 rings (SSSR count). The second-order valence-corrected chi connectivity index (χ2v) is 16.6. The molecular weight excluding hydrogens is 713 g/mol. The molecule has 0 saturated carbocycles. The van der Waals surface area contributed by atoms with E-state index in [1.54, 1.807) is 0 Å². The van der Waals surface area contributed by atoms with Crippen LogP contribution in [-0.2, 0) is 5.41 Å². The van der Waals surface area contributed by atoms with Crippen molar-refractivity contribution in [1.82, 2.24) is 4.57 Å². The molecule has 1 aromatic heterocycles. The van der Waals surface area contributed by atoms with Crippen LogP contribution in [0.4, 0.5) is 17.1 Å². The molecule has 0 spiro atoms. The minimum absolute atomic E-state index is 0.131. The van der Waals surface area contributed by atoms with Crippen LogP contribution in [0.3, 0.4) is 0 Å². The van der Waals surface area contributed by atoms with Crippen LogP contribution in [0.2, 0.25) is 0 Å². The van der Waals surface area contributed by atoms with Gasteiger partial charge in [0, 0.05) is 38.8 Å². The fraction of sp³-hybridized carbons (Fsp3) is 0.0526. The molecule has 1 aliphatic carbocycles. The summed E-state index contributed by atoms with van der Waals surface area (Å²) >= 11 is 0. The Morgan fingerprint density at radius 3 is 1.71 bits per heavy atom. The van der Waals surface area contributed by atoms with E-state index in [0.717, 1.165) is 22.7 Å². The van der Waals surface area contributed by atoms with Crippen molar-refractivity contribution in [2.24, 2.45) is 0 Å². The third kappa shape index (κ3) is 5.13. The number of anilines is 3. The van der Waals surface area contributed by atoms with Gasteiger partial charge < -0.3 is 9.47 Å². The Labute approximate surface area is 343 Å². The molecule has 0 fully saturated rings. The van der Waals surface area contributed by atoms with Crippen molar-refractivity contribution in [3.63, 3.8) is 0 Å². The highest BCUT2D eigenvalue weighted by atomic mass is 15.1. The van der Waals surface area contributed by atoms with Gasteiger partial charge in [-0.05, 0) is 127 Å². The maximum Gasteiger partial charge on any atom is 0.0546 e. The maximum absolute atomic E-state index is 2.50. The molecule has 0 bridgehead atoms. The molecule has 1 heterocycles. The van der Waals surface area contributed by atoms with Gasteiger partial charge >= 0.3 is 0 Å². The van der Waals surface area contributed by atoms with E-state index in [1.165, 1.54) is 87.5 Å². The van der Waals surface area contributed by atoms with Crippen LogP contribution in [0.15, 0.2) is 206 Å². The zero-order valence-corrected chi connectivity index (χ0v) is 33.0. The smallest absolute Gasteiger partial charge is 0.0546 e. The van der Waals surface area contributed by atoms with E-state index >= 15 is 0 Å². The largest absolute Gasteiger partial charge is 0.310 e. The number of aromatic nitrogens is 1. The molecule has 2 nitrogen and oxygen atoms in total. The lowest BCUT2D eigenvalue weighted by Gasteiger charge is -2.30. The van der Waals surface area contributed by atoms with Crippen molar-refractivity contribution < 1.29 is 0 Å². The van der Waals surface area contributed by atoms with Crippen LogP contribution in [0.1, 0.15) is 25.0 Å². The molecule has 59 heavy (non-hydrogen) atoms. The van der Waals surface area contributed by atoms with Gasteiger partial charge in [-0.3, -0.25) is 0 Å². The van der Waals surface area contributed by atoms with Gasteiger partial charge in [0.2, 0.25) is 0 Å². The van der Waals surface area contributed by atoms with Gasteiger partial charge in [0.25, 0.3) is 0 Å². The van der Waals surface area contributed by atoms with Gasteiger partial charge in [0.05, 0.1) is 16.7 Å². The first-order valence-corrected chi connectivity index (χ1v) is 20.6. The molecular formula is C57H40N2. The highest BCUT2D eigenvalue weighted by molar-refractivity contribution is 6.10. The highest BCUT2D eigenvalue weighted by Crippen LogP contribution is 2.53. The molecule has 278 valence electrons. The van der Waals surface area contributed by atoms with Crippen LogP contribution in [0, 0.1) is 0 Å². The Hall–Kier alpha value is -7.42. The lowest BCUT2D eigenvalue weighted by Crippen LogP contribution is -2.16. The zero-order chi connectivity index (χ0) is 39.2. The summed E-state index contributed by atoms with van der Waals surface area (Å²) in [5, 5.41) is 9.97. The molecule has 0 atom stereocenters. The van der Waals surface area contributed by atoms with E-state index in [0.29, 0.717) is 0 Å². The second-order valence-electron chi connectivity index (χ2n) is 16.6. The van der Waals surface area contributed by atoms with Gasteiger partial charge in [-0.15, -0.1) is 0 Å². The summed E-state index contributed by atoms with van der Waals surface area (Å²) in [6.45, 7) is 4.75. The lowest BCUT2D eigenvalue weighted by molar-refractivity contribution is 0.661. The first-order chi connectivity index (χ1) is 29.0. The minimum atomic E-state index is -0.131. The first kappa shape index (κ1) is 33.7.